The first-order chi connectivity index (χ1) is 10.3. The number of carbonyl (C=O) groups excluding carboxylic acids is 1. The van der Waals surface area contributed by atoms with Crippen molar-refractivity contribution in [1.82, 2.24) is 10.6 Å². The van der Waals surface area contributed by atoms with Gasteiger partial charge in [0.1, 0.15) is 0 Å². The number of hydrogen-bond acceptors (Lipinski definition) is 3. The van der Waals surface area contributed by atoms with Gasteiger partial charge in [0.2, 0.25) is 0 Å². The van der Waals surface area contributed by atoms with E-state index in [9.17, 15) is 9.90 Å². The lowest BCUT2D eigenvalue weighted by molar-refractivity contribution is -0.108. The fraction of sp³-hybridized carbons (Fsp3) is 0.941. The lowest BCUT2D eigenvalue weighted by Gasteiger charge is -2.54. The summed E-state index contributed by atoms with van der Waals surface area (Å²) >= 11 is 0. The summed E-state index contributed by atoms with van der Waals surface area (Å²) < 4.78 is 5.75. The Hall–Kier alpha value is -0.810. The van der Waals surface area contributed by atoms with Gasteiger partial charge in [0.25, 0.3) is 0 Å². The SMILES string of the molecule is CCCC(O)(CCC)CNC(=O)NC1C2CCOC2C1(C)C. The van der Waals surface area contributed by atoms with Gasteiger partial charge in [0, 0.05) is 30.5 Å². The van der Waals surface area contributed by atoms with Crippen LogP contribution in [0.3, 0.4) is 0 Å². The molecule has 0 spiro atoms. The summed E-state index contributed by atoms with van der Waals surface area (Å²) in [6, 6.07) is -0.0144. The van der Waals surface area contributed by atoms with Crippen LogP contribution in [0.1, 0.15) is 59.8 Å². The van der Waals surface area contributed by atoms with Gasteiger partial charge in [-0.05, 0) is 19.3 Å². The van der Waals surface area contributed by atoms with E-state index in [0.29, 0.717) is 25.3 Å². The molecular formula is C17H32N2O3. The molecule has 0 aromatic heterocycles. The standard InChI is InChI=1S/C17H32N2O3/c1-5-8-17(21,9-6-2)11-18-15(20)19-13-12-7-10-22-14(12)16(13,3)4/h12-14,21H,5-11H2,1-4H3,(H2,18,19,20). The number of carbonyl (C=O) groups is 1. The molecule has 2 aliphatic rings. The van der Waals surface area contributed by atoms with E-state index in [1.807, 2.05) is 0 Å². The summed E-state index contributed by atoms with van der Waals surface area (Å²) in [5.74, 6) is 0.436. The molecule has 0 bridgehead atoms. The average molecular weight is 312 g/mol. The van der Waals surface area contributed by atoms with E-state index < -0.39 is 5.60 Å². The smallest absolute Gasteiger partial charge is 0.315 e. The minimum Gasteiger partial charge on any atom is -0.388 e. The molecule has 1 aliphatic carbocycles. The van der Waals surface area contributed by atoms with Gasteiger partial charge in [-0.2, -0.15) is 0 Å². The molecule has 3 unspecified atom stereocenters. The normalized spacial score (nSPS) is 29.6. The number of fused-ring (bicyclic) bond motifs is 1. The van der Waals surface area contributed by atoms with Crippen molar-refractivity contribution in [1.29, 1.82) is 0 Å². The number of nitrogens with one attached hydrogen (secondary N) is 2. The van der Waals surface area contributed by atoms with Crippen molar-refractivity contribution in [3.05, 3.63) is 0 Å². The molecule has 2 fully saturated rings. The molecule has 3 N–H and O–H groups in total. The van der Waals surface area contributed by atoms with E-state index in [2.05, 4.69) is 38.3 Å². The molecule has 1 aliphatic heterocycles. The Bertz CT molecular complexity index is 391. The largest absolute Gasteiger partial charge is 0.388 e. The van der Waals surface area contributed by atoms with Crippen molar-refractivity contribution in [2.24, 2.45) is 11.3 Å². The van der Waals surface area contributed by atoms with Crippen LogP contribution in [-0.4, -0.2) is 42.0 Å². The molecule has 1 saturated heterocycles. The number of rotatable bonds is 7. The van der Waals surface area contributed by atoms with Crippen LogP contribution in [0.2, 0.25) is 0 Å². The summed E-state index contributed by atoms with van der Waals surface area (Å²) in [7, 11) is 0. The minimum absolute atomic E-state index is 0.0123. The zero-order valence-corrected chi connectivity index (χ0v) is 14.4. The maximum Gasteiger partial charge on any atom is 0.315 e. The Balaban J connectivity index is 1.83. The van der Waals surface area contributed by atoms with Crippen LogP contribution in [0.15, 0.2) is 0 Å². The van der Waals surface area contributed by atoms with Gasteiger partial charge in [-0.3, -0.25) is 0 Å². The van der Waals surface area contributed by atoms with E-state index in [0.717, 1.165) is 25.9 Å². The first-order valence-corrected chi connectivity index (χ1v) is 8.72. The second-order valence-corrected chi connectivity index (χ2v) is 7.59. The zero-order chi connectivity index (χ0) is 16.4. The first-order valence-electron chi connectivity index (χ1n) is 8.72. The average Bonchev–Trinajstić information content (AvgIpc) is 2.90. The molecule has 0 aromatic carbocycles. The number of amides is 2. The lowest BCUT2D eigenvalue weighted by atomic mass is 9.57. The number of hydrogen-bond donors (Lipinski definition) is 3. The highest BCUT2D eigenvalue weighted by atomic mass is 16.5. The molecule has 22 heavy (non-hydrogen) atoms. The first kappa shape index (κ1) is 17.5. The van der Waals surface area contributed by atoms with Gasteiger partial charge in [0.15, 0.2) is 0 Å². The predicted octanol–water partition coefficient (Wildman–Crippen LogP) is 2.43. The van der Waals surface area contributed by atoms with Crippen LogP contribution < -0.4 is 10.6 Å². The minimum atomic E-state index is -0.783. The molecule has 128 valence electrons. The Labute approximate surface area is 134 Å². The van der Waals surface area contributed by atoms with Crippen molar-refractivity contribution in [3.63, 3.8) is 0 Å². The third kappa shape index (κ3) is 3.40. The van der Waals surface area contributed by atoms with Crippen LogP contribution in [0.25, 0.3) is 0 Å². The van der Waals surface area contributed by atoms with Gasteiger partial charge < -0.3 is 20.5 Å². The van der Waals surface area contributed by atoms with E-state index in [-0.39, 0.29) is 23.6 Å². The number of urea groups is 1. The van der Waals surface area contributed by atoms with E-state index >= 15 is 0 Å². The van der Waals surface area contributed by atoms with Crippen molar-refractivity contribution < 1.29 is 14.6 Å². The van der Waals surface area contributed by atoms with Crippen LogP contribution in [0.4, 0.5) is 4.79 Å². The van der Waals surface area contributed by atoms with Gasteiger partial charge >= 0.3 is 6.03 Å². The highest BCUT2D eigenvalue weighted by molar-refractivity contribution is 5.74. The fourth-order valence-electron chi connectivity index (χ4n) is 4.29. The molecular weight excluding hydrogens is 280 g/mol. The topological polar surface area (TPSA) is 70.6 Å². The van der Waals surface area contributed by atoms with E-state index in [1.165, 1.54) is 0 Å². The van der Waals surface area contributed by atoms with Gasteiger partial charge in [-0.15, -0.1) is 0 Å². The molecule has 1 heterocycles. The molecule has 5 heteroatoms. The highest BCUT2D eigenvalue weighted by Crippen LogP contribution is 2.52. The van der Waals surface area contributed by atoms with Crippen LogP contribution in [-0.2, 0) is 4.74 Å². The van der Waals surface area contributed by atoms with Crippen molar-refractivity contribution in [2.75, 3.05) is 13.2 Å². The summed E-state index contributed by atoms with van der Waals surface area (Å²) in [4.78, 5) is 12.2. The van der Waals surface area contributed by atoms with Gasteiger partial charge in [-0.1, -0.05) is 40.5 Å². The third-order valence-corrected chi connectivity index (χ3v) is 5.40. The fourth-order valence-corrected chi connectivity index (χ4v) is 4.29. The molecule has 2 rings (SSSR count). The van der Waals surface area contributed by atoms with Crippen molar-refractivity contribution >= 4 is 6.03 Å². The van der Waals surface area contributed by atoms with Gasteiger partial charge in [0.05, 0.1) is 11.7 Å². The van der Waals surface area contributed by atoms with E-state index in [1.54, 1.807) is 0 Å². The quantitative estimate of drug-likeness (QED) is 0.676. The maximum atomic E-state index is 12.2. The van der Waals surface area contributed by atoms with Crippen molar-refractivity contribution in [3.8, 4) is 0 Å². The van der Waals surface area contributed by atoms with E-state index in [4.69, 9.17) is 4.74 Å². The molecule has 0 aromatic rings. The Morgan fingerprint density at radius 1 is 1.32 bits per heavy atom. The summed E-state index contributed by atoms with van der Waals surface area (Å²) in [5, 5.41) is 16.5. The number of aliphatic hydroxyl groups is 1. The van der Waals surface area contributed by atoms with Crippen LogP contribution in [0.5, 0.6) is 0 Å². The Morgan fingerprint density at radius 2 is 1.95 bits per heavy atom. The molecule has 5 nitrogen and oxygen atoms in total. The Kier molecular flexibility index (Phi) is 5.38. The summed E-state index contributed by atoms with van der Waals surface area (Å²) in [6.07, 6.45) is 4.56. The van der Waals surface area contributed by atoms with Crippen LogP contribution in [0, 0.1) is 11.3 Å². The maximum absolute atomic E-state index is 12.2. The second-order valence-electron chi connectivity index (χ2n) is 7.59. The predicted molar refractivity (Wildman–Crippen MR) is 86.7 cm³/mol. The molecule has 3 atom stereocenters. The molecule has 0 radical (unpaired) electrons. The third-order valence-electron chi connectivity index (χ3n) is 5.40. The lowest BCUT2D eigenvalue weighted by Crippen LogP contribution is -2.68. The Morgan fingerprint density at radius 3 is 2.55 bits per heavy atom. The summed E-state index contributed by atoms with van der Waals surface area (Å²) in [6.45, 7) is 9.52. The monoisotopic (exact) mass is 312 g/mol. The van der Waals surface area contributed by atoms with Gasteiger partial charge in [-0.25, -0.2) is 4.79 Å². The second kappa shape index (κ2) is 6.75. The number of ether oxygens (including phenoxy) is 1. The van der Waals surface area contributed by atoms with Crippen molar-refractivity contribution in [2.45, 2.75) is 77.5 Å². The molecule has 1 saturated carbocycles. The molecule has 2 amide bonds. The zero-order valence-electron chi connectivity index (χ0n) is 14.4. The van der Waals surface area contributed by atoms with Crippen LogP contribution >= 0.6 is 0 Å². The highest BCUT2D eigenvalue weighted by Gasteiger charge is 2.59. The summed E-state index contributed by atoms with van der Waals surface area (Å²) in [5.41, 5.74) is -0.795.